The molecule has 1 heterocycles. The minimum Gasteiger partial charge on any atom is -0.483 e. The number of benzene rings is 2. The fraction of sp³-hybridized carbons (Fsp3) is 0.435. The summed E-state index contributed by atoms with van der Waals surface area (Å²) in [4.78, 5) is 16.8. The fourth-order valence-electron chi connectivity index (χ4n) is 3.40. The lowest BCUT2D eigenvalue weighted by Crippen LogP contribution is -2.50. The second-order valence-electron chi connectivity index (χ2n) is 7.68. The van der Waals surface area contributed by atoms with E-state index in [9.17, 15) is 4.79 Å². The van der Waals surface area contributed by atoms with E-state index in [1.807, 2.05) is 11.8 Å². The van der Waals surface area contributed by atoms with Crippen LogP contribution < -0.4 is 9.64 Å². The first kappa shape index (κ1) is 19.3. The monoisotopic (exact) mass is 366 g/mol. The summed E-state index contributed by atoms with van der Waals surface area (Å²) in [6.07, 6.45) is 0. The number of ether oxygens (including phenoxy) is 1. The number of hydrogen-bond acceptors (Lipinski definition) is 3. The lowest BCUT2D eigenvalue weighted by molar-refractivity contribution is -0.133. The average Bonchev–Trinajstić information content (AvgIpc) is 2.67. The molecule has 27 heavy (non-hydrogen) atoms. The van der Waals surface area contributed by atoms with Gasteiger partial charge in [0.25, 0.3) is 5.91 Å². The Bertz CT molecular complexity index is 793. The quantitative estimate of drug-likeness (QED) is 0.797. The van der Waals surface area contributed by atoms with E-state index < -0.39 is 0 Å². The molecule has 0 bridgehead atoms. The molecule has 0 unspecified atom stereocenters. The van der Waals surface area contributed by atoms with E-state index in [0.717, 1.165) is 37.5 Å². The van der Waals surface area contributed by atoms with Gasteiger partial charge in [0.1, 0.15) is 5.75 Å². The number of carbonyl (C=O) groups is 1. The molecule has 1 saturated heterocycles. The maximum absolute atomic E-state index is 12.6. The first-order valence-corrected chi connectivity index (χ1v) is 9.77. The first-order valence-electron chi connectivity index (χ1n) is 9.77. The molecule has 0 atom stereocenters. The lowest BCUT2D eigenvalue weighted by atomic mass is 10.0. The zero-order valence-corrected chi connectivity index (χ0v) is 16.9. The van der Waals surface area contributed by atoms with Crippen molar-refractivity contribution in [3.63, 3.8) is 0 Å². The molecular weight excluding hydrogens is 336 g/mol. The highest BCUT2D eigenvalue weighted by atomic mass is 16.5. The largest absolute Gasteiger partial charge is 0.483 e. The fourth-order valence-corrected chi connectivity index (χ4v) is 3.40. The smallest absolute Gasteiger partial charge is 0.260 e. The summed E-state index contributed by atoms with van der Waals surface area (Å²) in [5, 5.41) is 0. The molecule has 0 N–H and O–H groups in total. The highest BCUT2D eigenvalue weighted by Crippen LogP contribution is 2.24. The van der Waals surface area contributed by atoms with Crippen LogP contribution in [0.15, 0.2) is 42.5 Å². The molecule has 0 aliphatic carbocycles. The molecule has 0 aromatic heterocycles. The summed E-state index contributed by atoms with van der Waals surface area (Å²) in [6.45, 7) is 11.7. The number of aryl methyl sites for hydroxylation is 2. The van der Waals surface area contributed by atoms with Crippen LogP contribution in [0.2, 0.25) is 0 Å². The average molecular weight is 367 g/mol. The van der Waals surface area contributed by atoms with Gasteiger partial charge in [-0.05, 0) is 54.7 Å². The van der Waals surface area contributed by atoms with E-state index in [2.05, 4.69) is 68.1 Å². The third kappa shape index (κ3) is 4.82. The van der Waals surface area contributed by atoms with Crippen molar-refractivity contribution < 1.29 is 9.53 Å². The SMILES string of the molecule is Cc1cccc(N2CCN(C(=O)COc3cc(C(C)C)ccc3C)CC2)c1. The molecule has 144 valence electrons. The van der Waals surface area contributed by atoms with Gasteiger partial charge in [-0.15, -0.1) is 0 Å². The van der Waals surface area contributed by atoms with Gasteiger partial charge >= 0.3 is 0 Å². The number of piperazine rings is 1. The normalized spacial score (nSPS) is 14.6. The van der Waals surface area contributed by atoms with Gasteiger partial charge in [0.2, 0.25) is 0 Å². The van der Waals surface area contributed by atoms with E-state index >= 15 is 0 Å². The van der Waals surface area contributed by atoms with Crippen molar-refractivity contribution in [3.8, 4) is 5.75 Å². The number of amides is 1. The first-order chi connectivity index (χ1) is 12.9. The Morgan fingerprint density at radius 2 is 1.78 bits per heavy atom. The zero-order chi connectivity index (χ0) is 19.4. The van der Waals surface area contributed by atoms with Gasteiger partial charge in [-0.1, -0.05) is 38.1 Å². The summed E-state index contributed by atoms with van der Waals surface area (Å²) < 4.78 is 5.87. The lowest BCUT2D eigenvalue weighted by Gasteiger charge is -2.36. The molecule has 1 aliphatic heterocycles. The van der Waals surface area contributed by atoms with Crippen molar-refractivity contribution in [1.29, 1.82) is 0 Å². The van der Waals surface area contributed by atoms with Gasteiger partial charge in [0.05, 0.1) is 0 Å². The number of nitrogens with zero attached hydrogens (tertiary/aromatic N) is 2. The van der Waals surface area contributed by atoms with Crippen molar-refractivity contribution in [1.82, 2.24) is 4.90 Å². The maximum Gasteiger partial charge on any atom is 0.260 e. The second-order valence-corrected chi connectivity index (χ2v) is 7.68. The molecule has 1 fully saturated rings. The molecule has 2 aromatic carbocycles. The van der Waals surface area contributed by atoms with E-state index in [1.54, 1.807) is 0 Å². The van der Waals surface area contributed by atoms with Gasteiger partial charge < -0.3 is 14.5 Å². The summed E-state index contributed by atoms with van der Waals surface area (Å²) in [7, 11) is 0. The Labute approximate surface area is 162 Å². The molecule has 1 amide bonds. The third-order valence-electron chi connectivity index (χ3n) is 5.23. The second kappa shape index (κ2) is 8.47. The van der Waals surface area contributed by atoms with Gasteiger partial charge in [-0.25, -0.2) is 0 Å². The molecule has 4 heteroatoms. The minimum absolute atomic E-state index is 0.0632. The Morgan fingerprint density at radius 1 is 1.04 bits per heavy atom. The van der Waals surface area contributed by atoms with E-state index in [1.165, 1.54) is 16.8 Å². The molecular formula is C23H30N2O2. The highest BCUT2D eigenvalue weighted by molar-refractivity contribution is 5.78. The van der Waals surface area contributed by atoms with E-state index in [-0.39, 0.29) is 12.5 Å². The molecule has 4 nitrogen and oxygen atoms in total. The van der Waals surface area contributed by atoms with Crippen LogP contribution in [0.25, 0.3) is 0 Å². The molecule has 0 radical (unpaired) electrons. The number of anilines is 1. The van der Waals surface area contributed by atoms with Gasteiger partial charge in [0, 0.05) is 31.9 Å². The Morgan fingerprint density at radius 3 is 2.44 bits per heavy atom. The molecule has 3 rings (SSSR count). The number of carbonyl (C=O) groups excluding carboxylic acids is 1. The van der Waals surface area contributed by atoms with Crippen LogP contribution in [0.3, 0.4) is 0 Å². The highest BCUT2D eigenvalue weighted by Gasteiger charge is 2.22. The Hall–Kier alpha value is -2.49. The maximum atomic E-state index is 12.6. The number of hydrogen-bond donors (Lipinski definition) is 0. The van der Waals surface area contributed by atoms with Crippen LogP contribution in [-0.4, -0.2) is 43.6 Å². The van der Waals surface area contributed by atoms with Crippen LogP contribution in [0.4, 0.5) is 5.69 Å². The summed E-state index contributed by atoms with van der Waals surface area (Å²) in [6, 6.07) is 14.8. The van der Waals surface area contributed by atoms with E-state index in [4.69, 9.17) is 4.74 Å². The number of rotatable bonds is 5. The van der Waals surface area contributed by atoms with Crippen LogP contribution in [-0.2, 0) is 4.79 Å². The zero-order valence-electron chi connectivity index (χ0n) is 16.9. The Kier molecular flexibility index (Phi) is 6.04. The van der Waals surface area contributed by atoms with Crippen molar-refractivity contribution in [2.75, 3.05) is 37.7 Å². The Balaban J connectivity index is 1.54. The molecule has 1 aliphatic rings. The van der Waals surface area contributed by atoms with Crippen LogP contribution in [0.1, 0.15) is 36.5 Å². The van der Waals surface area contributed by atoms with Gasteiger partial charge in [-0.3, -0.25) is 4.79 Å². The minimum atomic E-state index is 0.0632. The summed E-state index contributed by atoms with van der Waals surface area (Å²) in [5.74, 6) is 1.32. The van der Waals surface area contributed by atoms with Crippen LogP contribution >= 0.6 is 0 Å². The van der Waals surface area contributed by atoms with Crippen molar-refractivity contribution in [2.45, 2.75) is 33.6 Å². The van der Waals surface area contributed by atoms with Gasteiger partial charge in [0.15, 0.2) is 6.61 Å². The molecule has 0 spiro atoms. The van der Waals surface area contributed by atoms with Crippen LogP contribution in [0, 0.1) is 13.8 Å². The molecule has 2 aromatic rings. The van der Waals surface area contributed by atoms with Crippen LogP contribution in [0.5, 0.6) is 5.75 Å². The van der Waals surface area contributed by atoms with E-state index in [0.29, 0.717) is 5.92 Å². The summed E-state index contributed by atoms with van der Waals surface area (Å²) in [5.41, 5.74) is 4.80. The van der Waals surface area contributed by atoms with Crippen molar-refractivity contribution in [3.05, 3.63) is 59.2 Å². The van der Waals surface area contributed by atoms with Crippen molar-refractivity contribution >= 4 is 11.6 Å². The van der Waals surface area contributed by atoms with Gasteiger partial charge in [-0.2, -0.15) is 0 Å². The standard InChI is InChI=1S/C23H30N2O2/c1-17(2)20-9-8-19(4)22(15-20)27-16-23(26)25-12-10-24(11-13-25)21-7-5-6-18(3)14-21/h5-9,14-15,17H,10-13,16H2,1-4H3. The summed E-state index contributed by atoms with van der Waals surface area (Å²) >= 11 is 0. The third-order valence-corrected chi connectivity index (χ3v) is 5.23. The molecule has 0 saturated carbocycles. The predicted octanol–water partition coefficient (Wildman–Crippen LogP) is 4.15. The topological polar surface area (TPSA) is 32.8 Å². The predicted molar refractivity (Wildman–Crippen MR) is 111 cm³/mol. The van der Waals surface area contributed by atoms with Crippen molar-refractivity contribution in [2.24, 2.45) is 0 Å².